The van der Waals surface area contributed by atoms with E-state index in [1.54, 1.807) is 6.07 Å². The second kappa shape index (κ2) is 8.17. The second-order valence-corrected chi connectivity index (χ2v) is 8.44. The largest absolute Gasteiger partial charge is 0.370 e. The third-order valence-corrected chi connectivity index (χ3v) is 6.55. The average Bonchev–Trinajstić information content (AvgIpc) is 3.00. The van der Waals surface area contributed by atoms with E-state index in [0.717, 1.165) is 48.6 Å². The minimum Gasteiger partial charge on any atom is -0.370 e. The number of quaternary nitrogens is 1. The molecule has 1 fully saturated rings. The Hall–Kier alpha value is -1.63. The van der Waals surface area contributed by atoms with Gasteiger partial charge in [0.1, 0.15) is 24.5 Å². The number of thiophene rings is 1. The van der Waals surface area contributed by atoms with Crippen molar-refractivity contribution in [3.63, 3.8) is 0 Å². The van der Waals surface area contributed by atoms with Crippen LogP contribution in [-0.2, 0) is 11.3 Å². The van der Waals surface area contributed by atoms with Crippen LogP contribution >= 0.6 is 34.5 Å². The highest BCUT2D eigenvalue weighted by molar-refractivity contribution is 7.21. The summed E-state index contributed by atoms with van der Waals surface area (Å²) in [5.74, 6) is -0.205. The van der Waals surface area contributed by atoms with E-state index in [2.05, 4.69) is 17.4 Å². The van der Waals surface area contributed by atoms with E-state index >= 15 is 0 Å². The van der Waals surface area contributed by atoms with Crippen molar-refractivity contribution in [2.45, 2.75) is 6.54 Å². The van der Waals surface area contributed by atoms with Crippen molar-refractivity contribution in [2.75, 3.05) is 31.6 Å². The molecule has 0 aliphatic carbocycles. The third kappa shape index (κ3) is 4.28. The van der Waals surface area contributed by atoms with E-state index in [-0.39, 0.29) is 5.91 Å². The van der Waals surface area contributed by atoms with Crippen molar-refractivity contribution in [2.24, 2.45) is 0 Å². The maximum absolute atomic E-state index is 12.7. The highest BCUT2D eigenvalue weighted by Crippen LogP contribution is 2.37. The lowest BCUT2D eigenvalue weighted by Gasteiger charge is -2.23. The van der Waals surface area contributed by atoms with Crippen LogP contribution in [0.5, 0.6) is 0 Å². The number of ether oxygens (including phenoxy) is 1. The molecular weight excluding hydrogens is 403 g/mol. The summed E-state index contributed by atoms with van der Waals surface area (Å²) >= 11 is 13.8. The van der Waals surface area contributed by atoms with Gasteiger partial charge in [0, 0.05) is 26.4 Å². The van der Waals surface area contributed by atoms with Crippen LogP contribution in [0.2, 0.25) is 10.0 Å². The predicted octanol–water partition coefficient (Wildman–Crippen LogP) is 3.88. The van der Waals surface area contributed by atoms with Crippen molar-refractivity contribution in [1.29, 1.82) is 0 Å². The molecule has 2 aromatic carbocycles. The number of benzene rings is 2. The first-order chi connectivity index (χ1) is 13.1. The number of amides is 1. The molecule has 2 N–H and O–H groups in total. The number of hydrogen-bond acceptors (Lipinski definition) is 3. The fraction of sp³-hybridized carbons (Fsp3) is 0.250. The zero-order chi connectivity index (χ0) is 18.8. The fourth-order valence-corrected chi connectivity index (χ4v) is 4.89. The monoisotopic (exact) mass is 421 g/mol. The van der Waals surface area contributed by atoms with Crippen molar-refractivity contribution < 1.29 is 14.4 Å². The van der Waals surface area contributed by atoms with Crippen LogP contribution in [-0.4, -0.2) is 32.2 Å². The first kappa shape index (κ1) is 18.7. The Labute approximate surface area is 171 Å². The van der Waals surface area contributed by atoms with Gasteiger partial charge >= 0.3 is 0 Å². The molecule has 1 aliphatic rings. The summed E-state index contributed by atoms with van der Waals surface area (Å²) in [5.41, 5.74) is 2.01. The van der Waals surface area contributed by atoms with Gasteiger partial charge < -0.3 is 15.0 Å². The maximum atomic E-state index is 12.7. The van der Waals surface area contributed by atoms with Gasteiger partial charge in [-0.2, -0.15) is 0 Å². The zero-order valence-corrected chi connectivity index (χ0v) is 16.9. The standard InChI is InChI=1S/C20H18Cl2N2O2S/c21-14-3-6-16-17(11-14)27-19(18(16)22)20(25)23-15-4-1-13(2-5-15)12-24-7-9-26-10-8-24/h1-6,11H,7-10,12H2,(H,23,25)/p+1. The first-order valence-electron chi connectivity index (χ1n) is 8.79. The minimum atomic E-state index is -0.205. The molecule has 0 unspecified atom stereocenters. The highest BCUT2D eigenvalue weighted by Gasteiger charge is 2.18. The Kier molecular flexibility index (Phi) is 5.66. The molecule has 3 aromatic rings. The number of anilines is 1. The minimum absolute atomic E-state index is 0.205. The van der Waals surface area contributed by atoms with Gasteiger partial charge in [-0.1, -0.05) is 41.4 Å². The summed E-state index contributed by atoms with van der Waals surface area (Å²) in [6.07, 6.45) is 0. The van der Waals surface area contributed by atoms with Crippen LogP contribution in [0, 0.1) is 0 Å². The van der Waals surface area contributed by atoms with E-state index in [0.29, 0.717) is 14.9 Å². The van der Waals surface area contributed by atoms with Gasteiger partial charge in [-0.05, 0) is 24.3 Å². The Morgan fingerprint density at radius 3 is 2.59 bits per heavy atom. The molecule has 1 aromatic heterocycles. The lowest BCUT2D eigenvalue weighted by Crippen LogP contribution is -3.12. The summed E-state index contributed by atoms with van der Waals surface area (Å²) in [6.45, 7) is 4.69. The Morgan fingerprint density at radius 1 is 1.11 bits per heavy atom. The molecule has 1 aliphatic heterocycles. The second-order valence-electron chi connectivity index (χ2n) is 6.58. The quantitative estimate of drug-likeness (QED) is 0.671. The van der Waals surface area contributed by atoms with Gasteiger partial charge in [0.2, 0.25) is 0 Å². The summed E-state index contributed by atoms with van der Waals surface area (Å²) in [4.78, 5) is 14.7. The molecule has 7 heteroatoms. The molecule has 1 amide bonds. The molecular formula is C20H19Cl2N2O2S+. The maximum Gasteiger partial charge on any atom is 0.267 e. The Balaban J connectivity index is 1.45. The summed E-state index contributed by atoms with van der Waals surface area (Å²) in [7, 11) is 0. The van der Waals surface area contributed by atoms with Crippen LogP contribution in [0.4, 0.5) is 5.69 Å². The smallest absolute Gasteiger partial charge is 0.267 e. The van der Waals surface area contributed by atoms with Gasteiger partial charge in [0.05, 0.1) is 18.2 Å². The first-order valence-corrected chi connectivity index (χ1v) is 10.4. The molecule has 2 heterocycles. The third-order valence-electron chi connectivity index (χ3n) is 4.66. The number of carbonyl (C=O) groups is 1. The van der Waals surface area contributed by atoms with Crippen LogP contribution < -0.4 is 10.2 Å². The molecule has 0 radical (unpaired) electrons. The highest BCUT2D eigenvalue weighted by atomic mass is 35.5. The number of rotatable bonds is 4. The van der Waals surface area contributed by atoms with Crippen molar-refractivity contribution >= 4 is 56.2 Å². The van der Waals surface area contributed by atoms with Gasteiger partial charge in [-0.15, -0.1) is 11.3 Å². The SMILES string of the molecule is O=C(Nc1ccc(C[NH+]2CCOCC2)cc1)c1sc2cc(Cl)ccc2c1Cl. The van der Waals surface area contributed by atoms with Crippen molar-refractivity contribution in [1.82, 2.24) is 0 Å². The van der Waals surface area contributed by atoms with Crippen LogP contribution in [0.1, 0.15) is 15.2 Å². The van der Waals surface area contributed by atoms with Gasteiger partial charge in [0.15, 0.2) is 0 Å². The molecule has 4 rings (SSSR count). The lowest BCUT2D eigenvalue weighted by atomic mass is 10.2. The zero-order valence-electron chi connectivity index (χ0n) is 14.6. The Morgan fingerprint density at radius 2 is 1.85 bits per heavy atom. The molecule has 0 saturated carbocycles. The van der Waals surface area contributed by atoms with Crippen LogP contribution in [0.25, 0.3) is 10.1 Å². The predicted molar refractivity (Wildman–Crippen MR) is 111 cm³/mol. The molecule has 27 heavy (non-hydrogen) atoms. The van der Waals surface area contributed by atoms with Crippen LogP contribution in [0.15, 0.2) is 42.5 Å². The molecule has 0 bridgehead atoms. The van der Waals surface area contributed by atoms with E-state index in [4.69, 9.17) is 27.9 Å². The summed E-state index contributed by atoms with van der Waals surface area (Å²) in [5, 5.41) is 4.88. The van der Waals surface area contributed by atoms with Gasteiger partial charge in [-0.3, -0.25) is 4.79 Å². The van der Waals surface area contributed by atoms with E-state index < -0.39 is 0 Å². The number of halogens is 2. The molecule has 140 valence electrons. The summed E-state index contributed by atoms with van der Waals surface area (Å²) < 4.78 is 6.30. The van der Waals surface area contributed by atoms with Gasteiger partial charge in [0.25, 0.3) is 5.91 Å². The van der Waals surface area contributed by atoms with E-state index in [9.17, 15) is 4.79 Å². The van der Waals surface area contributed by atoms with Gasteiger partial charge in [-0.25, -0.2) is 0 Å². The number of morpholine rings is 1. The number of fused-ring (bicyclic) bond motifs is 1. The lowest BCUT2D eigenvalue weighted by molar-refractivity contribution is -0.921. The van der Waals surface area contributed by atoms with Crippen LogP contribution in [0.3, 0.4) is 0 Å². The topological polar surface area (TPSA) is 42.8 Å². The van der Waals surface area contributed by atoms with E-state index in [1.165, 1.54) is 21.8 Å². The Bertz CT molecular complexity index is 966. The van der Waals surface area contributed by atoms with Crippen molar-refractivity contribution in [3.8, 4) is 0 Å². The number of carbonyl (C=O) groups excluding carboxylic acids is 1. The molecule has 0 atom stereocenters. The number of nitrogens with one attached hydrogen (secondary N) is 2. The fourth-order valence-electron chi connectivity index (χ4n) is 3.20. The molecule has 0 spiro atoms. The molecule has 1 saturated heterocycles. The van der Waals surface area contributed by atoms with Crippen molar-refractivity contribution in [3.05, 3.63) is 63.0 Å². The summed E-state index contributed by atoms with van der Waals surface area (Å²) in [6, 6.07) is 13.4. The number of hydrogen-bond donors (Lipinski definition) is 2. The average molecular weight is 422 g/mol. The normalized spacial score (nSPS) is 15.2. The van der Waals surface area contributed by atoms with E-state index in [1.807, 2.05) is 24.3 Å². The molecule has 4 nitrogen and oxygen atoms in total.